The van der Waals surface area contributed by atoms with Crippen LogP contribution in [0.25, 0.3) is 11.0 Å². The van der Waals surface area contributed by atoms with E-state index in [0.29, 0.717) is 5.56 Å². The van der Waals surface area contributed by atoms with Crippen LogP contribution in [0.4, 0.5) is 0 Å². The number of aryl methyl sites for hydroxylation is 3. The highest BCUT2D eigenvalue weighted by molar-refractivity contribution is 6.06. The van der Waals surface area contributed by atoms with Gasteiger partial charge in [0, 0.05) is 25.1 Å². The van der Waals surface area contributed by atoms with Gasteiger partial charge in [-0.3, -0.25) is 14.5 Å². The van der Waals surface area contributed by atoms with Crippen LogP contribution in [-0.2, 0) is 7.05 Å². The zero-order chi connectivity index (χ0) is 16.6. The van der Waals surface area contributed by atoms with Crippen LogP contribution in [-0.4, -0.2) is 25.7 Å². The van der Waals surface area contributed by atoms with E-state index in [-0.39, 0.29) is 11.9 Å². The molecule has 23 heavy (non-hydrogen) atoms. The number of hydrogen-bond donors (Lipinski definition) is 1. The van der Waals surface area contributed by atoms with Gasteiger partial charge in [0.05, 0.1) is 22.7 Å². The third-order valence-electron chi connectivity index (χ3n) is 3.90. The first-order valence-electron chi connectivity index (χ1n) is 7.49. The van der Waals surface area contributed by atoms with Crippen molar-refractivity contribution >= 4 is 16.9 Å². The van der Waals surface area contributed by atoms with Gasteiger partial charge < -0.3 is 5.32 Å². The molecule has 0 saturated carbocycles. The molecular weight excluding hydrogens is 290 g/mol. The first-order valence-corrected chi connectivity index (χ1v) is 7.49. The van der Waals surface area contributed by atoms with Crippen LogP contribution in [0.2, 0.25) is 0 Å². The fourth-order valence-corrected chi connectivity index (χ4v) is 2.76. The summed E-state index contributed by atoms with van der Waals surface area (Å²) in [5.74, 6) is -0.124. The summed E-state index contributed by atoms with van der Waals surface area (Å²) in [6, 6.07) is 5.50. The van der Waals surface area contributed by atoms with Crippen molar-refractivity contribution < 1.29 is 4.79 Å². The molecule has 0 fully saturated rings. The summed E-state index contributed by atoms with van der Waals surface area (Å²) in [5.41, 5.74) is 3.94. The second kappa shape index (κ2) is 5.79. The molecule has 1 atom stereocenters. The zero-order valence-corrected chi connectivity index (χ0v) is 13.7. The molecular formula is C17H19N5O. The van der Waals surface area contributed by atoms with Crippen molar-refractivity contribution in [3.05, 3.63) is 53.1 Å². The number of hydrogen-bond acceptors (Lipinski definition) is 4. The quantitative estimate of drug-likeness (QED) is 0.806. The molecule has 3 heterocycles. The summed E-state index contributed by atoms with van der Waals surface area (Å²) < 4.78 is 1.71. The Bertz CT molecular complexity index is 870. The molecule has 0 spiro atoms. The number of pyridine rings is 2. The molecule has 118 valence electrons. The van der Waals surface area contributed by atoms with Gasteiger partial charge in [0.2, 0.25) is 0 Å². The third-order valence-corrected chi connectivity index (χ3v) is 3.90. The highest BCUT2D eigenvalue weighted by atomic mass is 16.1. The van der Waals surface area contributed by atoms with Crippen LogP contribution in [0.5, 0.6) is 0 Å². The monoisotopic (exact) mass is 309 g/mol. The number of carbonyl (C=O) groups excluding carboxylic acids is 1. The number of rotatable bonds is 3. The topological polar surface area (TPSA) is 72.7 Å². The van der Waals surface area contributed by atoms with Gasteiger partial charge in [-0.2, -0.15) is 5.10 Å². The van der Waals surface area contributed by atoms with Crippen LogP contribution in [0.1, 0.15) is 40.3 Å². The van der Waals surface area contributed by atoms with Gasteiger partial charge in [-0.25, -0.2) is 4.98 Å². The lowest BCUT2D eigenvalue weighted by Gasteiger charge is -2.15. The molecule has 6 nitrogen and oxygen atoms in total. The van der Waals surface area contributed by atoms with Gasteiger partial charge in [0.25, 0.3) is 5.91 Å². The van der Waals surface area contributed by atoms with E-state index in [0.717, 1.165) is 28.0 Å². The smallest absolute Gasteiger partial charge is 0.252 e. The summed E-state index contributed by atoms with van der Waals surface area (Å²) >= 11 is 0. The third kappa shape index (κ3) is 2.79. The van der Waals surface area contributed by atoms with E-state index in [1.807, 2.05) is 46.0 Å². The lowest BCUT2D eigenvalue weighted by atomic mass is 10.1. The fraction of sp³-hybridized carbons (Fsp3) is 0.294. The van der Waals surface area contributed by atoms with Crippen LogP contribution >= 0.6 is 0 Å². The summed E-state index contributed by atoms with van der Waals surface area (Å²) in [5, 5.41) is 8.22. The van der Waals surface area contributed by atoms with Crippen molar-refractivity contribution in [1.29, 1.82) is 0 Å². The highest BCUT2D eigenvalue weighted by Crippen LogP contribution is 2.22. The van der Waals surface area contributed by atoms with Crippen molar-refractivity contribution in [2.45, 2.75) is 26.8 Å². The molecule has 0 aliphatic heterocycles. The molecule has 3 aromatic heterocycles. The van der Waals surface area contributed by atoms with E-state index in [9.17, 15) is 4.79 Å². The minimum atomic E-state index is -0.124. The molecule has 0 radical (unpaired) electrons. The Labute approximate surface area is 134 Å². The Hall–Kier alpha value is -2.76. The summed E-state index contributed by atoms with van der Waals surface area (Å²) in [4.78, 5) is 21.3. The van der Waals surface area contributed by atoms with Gasteiger partial charge in [0.15, 0.2) is 5.65 Å². The minimum absolute atomic E-state index is 0.106. The molecule has 0 saturated heterocycles. The second-order valence-electron chi connectivity index (χ2n) is 5.69. The molecule has 0 aliphatic carbocycles. The van der Waals surface area contributed by atoms with Crippen LogP contribution in [0.3, 0.4) is 0 Å². The largest absolute Gasteiger partial charge is 0.345 e. The van der Waals surface area contributed by atoms with Gasteiger partial charge in [-0.15, -0.1) is 0 Å². The Kier molecular flexibility index (Phi) is 3.82. The minimum Gasteiger partial charge on any atom is -0.345 e. The number of carbonyl (C=O) groups is 1. The van der Waals surface area contributed by atoms with Crippen LogP contribution < -0.4 is 5.32 Å². The maximum absolute atomic E-state index is 12.8. The van der Waals surface area contributed by atoms with Crippen molar-refractivity contribution in [1.82, 2.24) is 25.1 Å². The predicted molar refractivity (Wildman–Crippen MR) is 88.1 cm³/mol. The van der Waals surface area contributed by atoms with E-state index in [2.05, 4.69) is 20.4 Å². The summed E-state index contributed by atoms with van der Waals surface area (Å²) in [6.07, 6.45) is 3.44. The Morgan fingerprint density at radius 1 is 1.26 bits per heavy atom. The molecule has 3 rings (SSSR count). The lowest BCUT2D eigenvalue weighted by molar-refractivity contribution is 0.0941. The van der Waals surface area contributed by atoms with Crippen LogP contribution in [0, 0.1) is 13.8 Å². The van der Waals surface area contributed by atoms with E-state index >= 15 is 0 Å². The Morgan fingerprint density at radius 2 is 1.96 bits per heavy atom. The van der Waals surface area contributed by atoms with Gasteiger partial charge >= 0.3 is 0 Å². The SMILES string of the molecule is Cc1cc(C(=O)N[C@H](C)c2ccncc2)c2c(C)nn(C)c2n1. The number of aromatic nitrogens is 4. The molecule has 6 heteroatoms. The second-order valence-corrected chi connectivity index (χ2v) is 5.69. The highest BCUT2D eigenvalue weighted by Gasteiger charge is 2.19. The first-order chi connectivity index (χ1) is 11.0. The van der Waals surface area contributed by atoms with Crippen molar-refractivity contribution in [2.75, 3.05) is 0 Å². The number of amides is 1. The van der Waals surface area contributed by atoms with Gasteiger partial charge in [-0.05, 0) is 44.5 Å². The van der Waals surface area contributed by atoms with Gasteiger partial charge in [-0.1, -0.05) is 0 Å². The molecule has 0 unspecified atom stereocenters. The molecule has 0 aliphatic rings. The lowest BCUT2D eigenvalue weighted by Crippen LogP contribution is -2.27. The van der Waals surface area contributed by atoms with Crippen molar-refractivity contribution in [2.24, 2.45) is 7.05 Å². The summed E-state index contributed by atoms with van der Waals surface area (Å²) in [6.45, 7) is 5.72. The number of nitrogens with zero attached hydrogens (tertiary/aromatic N) is 4. The van der Waals surface area contributed by atoms with E-state index in [4.69, 9.17) is 0 Å². The predicted octanol–water partition coefficient (Wildman–Crippen LogP) is 2.47. The average molecular weight is 309 g/mol. The van der Waals surface area contributed by atoms with Crippen LogP contribution in [0.15, 0.2) is 30.6 Å². The number of nitrogens with one attached hydrogen (secondary N) is 1. The summed E-state index contributed by atoms with van der Waals surface area (Å²) in [7, 11) is 1.84. The fourth-order valence-electron chi connectivity index (χ4n) is 2.76. The van der Waals surface area contributed by atoms with Gasteiger partial charge in [0.1, 0.15) is 0 Å². The molecule has 1 amide bonds. The van der Waals surface area contributed by atoms with E-state index in [1.165, 1.54) is 0 Å². The Morgan fingerprint density at radius 3 is 2.65 bits per heavy atom. The number of fused-ring (bicyclic) bond motifs is 1. The molecule has 0 aromatic carbocycles. The zero-order valence-electron chi connectivity index (χ0n) is 13.7. The van der Waals surface area contributed by atoms with E-state index in [1.54, 1.807) is 17.1 Å². The van der Waals surface area contributed by atoms with Crippen molar-refractivity contribution in [3.8, 4) is 0 Å². The Balaban J connectivity index is 1.98. The van der Waals surface area contributed by atoms with E-state index < -0.39 is 0 Å². The maximum Gasteiger partial charge on any atom is 0.252 e. The first kappa shape index (κ1) is 15.1. The maximum atomic E-state index is 12.8. The average Bonchev–Trinajstić information content (AvgIpc) is 2.81. The normalized spacial score (nSPS) is 12.3. The molecule has 0 bridgehead atoms. The standard InChI is InChI=1S/C17H19N5O/c1-10-9-14(15-12(3)21-22(4)16(15)19-10)17(23)20-11(2)13-5-7-18-8-6-13/h5-9,11H,1-4H3,(H,20,23)/t11-/m1/s1. The molecule has 1 N–H and O–H groups in total. The molecule has 3 aromatic rings. The van der Waals surface area contributed by atoms with Crippen molar-refractivity contribution in [3.63, 3.8) is 0 Å².